The van der Waals surface area contributed by atoms with E-state index in [1.165, 1.54) is 11.7 Å². The van der Waals surface area contributed by atoms with Gasteiger partial charge in [-0.25, -0.2) is 0 Å². The summed E-state index contributed by atoms with van der Waals surface area (Å²) in [5, 5.41) is 21.9. The Kier molecular flexibility index (Phi) is 2.93. The third-order valence-corrected chi connectivity index (χ3v) is 2.34. The minimum absolute atomic E-state index is 1.41. The molecule has 0 heterocycles. The molecule has 4 nitrogen and oxygen atoms in total. The van der Waals surface area contributed by atoms with Crippen molar-refractivity contribution in [2.75, 3.05) is 0 Å². The van der Waals surface area contributed by atoms with Crippen LogP contribution in [0.5, 0.6) is 0 Å². The van der Waals surface area contributed by atoms with Gasteiger partial charge in [0.15, 0.2) is 0 Å². The van der Waals surface area contributed by atoms with Crippen molar-refractivity contribution in [3.8, 4) is 0 Å². The predicted molar refractivity (Wildman–Crippen MR) is 38.0 cm³/mol. The van der Waals surface area contributed by atoms with Gasteiger partial charge in [-0.2, -0.15) is 0 Å². The van der Waals surface area contributed by atoms with Gasteiger partial charge in [-0.1, -0.05) is 13.1 Å². The molecule has 0 fully saturated rings. The van der Waals surface area contributed by atoms with Crippen molar-refractivity contribution in [2.45, 2.75) is 13.1 Å². The summed E-state index contributed by atoms with van der Waals surface area (Å²) in [7, 11) is -1.79. The lowest BCUT2D eigenvalue weighted by Gasteiger charge is -2.04. The summed E-state index contributed by atoms with van der Waals surface area (Å²) in [6.45, 7) is 3.76. The van der Waals surface area contributed by atoms with Gasteiger partial charge in [-0.3, -0.25) is 0 Å². The van der Waals surface area contributed by atoms with Crippen LogP contribution < -0.4 is 0 Å². The van der Waals surface area contributed by atoms with Gasteiger partial charge in [-0.05, 0) is 0 Å². The molecular weight excluding hydrogens is 136 g/mol. The molecule has 0 spiro atoms. The average Bonchev–Trinajstić information content (AvgIpc) is 1.64. The highest BCUT2D eigenvalue weighted by Crippen LogP contribution is 1.92. The van der Waals surface area contributed by atoms with Crippen LogP contribution in [0.25, 0.3) is 0 Å². The van der Waals surface area contributed by atoms with Crippen LogP contribution in [0.2, 0.25) is 13.1 Å². The van der Waals surface area contributed by atoms with Gasteiger partial charge >= 0.3 is 0 Å². The highest BCUT2D eigenvalue weighted by Gasteiger charge is 2.15. The largest absolute Gasteiger partial charge is 0.411 e. The fraction of sp³-hybridized carbons (Fsp3) is 0.500. The van der Waals surface area contributed by atoms with E-state index in [2.05, 4.69) is 10.3 Å². The maximum absolute atomic E-state index is 8.09. The first kappa shape index (κ1) is 8.16. The minimum atomic E-state index is -1.79. The number of hydrogen-bond donors (Lipinski definition) is 2. The van der Waals surface area contributed by atoms with Crippen LogP contribution in [0.15, 0.2) is 10.3 Å². The van der Waals surface area contributed by atoms with Gasteiger partial charge in [0, 0.05) is 11.7 Å². The summed E-state index contributed by atoms with van der Waals surface area (Å²) in [6, 6.07) is 0. The summed E-state index contributed by atoms with van der Waals surface area (Å²) >= 11 is 0. The molecule has 5 heteroatoms. The van der Waals surface area contributed by atoms with E-state index in [0.29, 0.717) is 0 Å². The van der Waals surface area contributed by atoms with E-state index in [1.807, 2.05) is 13.1 Å². The lowest BCUT2D eigenvalue weighted by Crippen LogP contribution is -2.30. The van der Waals surface area contributed by atoms with Crippen LogP contribution in [0.1, 0.15) is 0 Å². The first-order chi connectivity index (χ1) is 4.12. The maximum Gasteiger partial charge on any atom is 0.148 e. The van der Waals surface area contributed by atoms with Gasteiger partial charge in [0.1, 0.15) is 8.07 Å². The first-order valence-corrected chi connectivity index (χ1v) is 5.65. The SMILES string of the molecule is C[Si](C)(C=NO)C=NO. The Morgan fingerprint density at radius 2 is 1.44 bits per heavy atom. The van der Waals surface area contributed by atoms with Crippen molar-refractivity contribution >= 4 is 19.7 Å². The second-order valence-electron chi connectivity index (χ2n) is 2.31. The molecule has 0 bridgehead atoms. The van der Waals surface area contributed by atoms with Gasteiger partial charge in [0.25, 0.3) is 0 Å². The molecule has 2 N–H and O–H groups in total. The van der Waals surface area contributed by atoms with E-state index in [-0.39, 0.29) is 0 Å². The lowest BCUT2D eigenvalue weighted by atomic mass is 11.6. The zero-order chi connectivity index (χ0) is 7.33. The van der Waals surface area contributed by atoms with Crippen molar-refractivity contribution < 1.29 is 10.4 Å². The van der Waals surface area contributed by atoms with Crippen LogP contribution in [0, 0.1) is 0 Å². The predicted octanol–water partition coefficient (Wildman–Crippen LogP) is 0.693. The fourth-order valence-corrected chi connectivity index (χ4v) is 0.993. The minimum Gasteiger partial charge on any atom is -0.411 e. The molecule has 0 saturated carbocycles. The normalized spacial score (nSPS) is 13.6. The Balaban J connectivity index is 4.01. The first-order valence-electron chi connectivity index (χ1n) is 2.49. The molecule has 0 aromatic carbocycles. The van der Waals surface area contributed by atoms with Crippen LogP contribution in [-0.4, -0.2) is 30.2 Å². The van der Waals surface area contributed by atoms with Crippen molar-refractivity contribution in [3.63, 3.8) is 0 Å². The number of rotatable bonds is 2. The second-order valence-corrected chi connectivity index (χ2v) is 6.47. The lowest BCUT2D eigenvalue weighted by molar-refractivity contribution is 0.321. The Morgan fingerprint density at radius 1 is 1.11 bits per heavy atom. The average molecular weight is 146 g/mol. The molecule has 0 aliphatic carbocycles. The van der Waals surface area contributed by atoms with E-state index in [4.69, 9.17) is 10.4 Å². The van der Waals surface area contributed by atoms with E-state index < -0.39 is 8.07 Å². The molecule has 0 rings (SSSR count). The number of nitrogens with zero attached hydrogens (tertiary/aromatic N) is 2. The fourth-order valence-electron chi connectivity index (χ4n) is 0.331. The summed E-state index contributed by atoms with van der Waals surface area (Å²) in [5.74, 6) is 2.82. The number of hydrogen-bond acceptors (Lipinski definition) is 4. The summed E-state index contributed by atoms with van der Waals surface area (Å²) < 4.78 is 0. The van der Waals surface area contributed by atoms with Crippen LogP contribution >= 0.6 is 0 Å². The molecule has 52 valence electrons. The Hall–Kier alpha value is -0.843. The highest BCUT2D eigenvalue weighted by atomic mass is 28.3. The van der Waals surface area contributed by atoms with E-state index in [9.17, 15) is 0 Å². The standard InChI is InChI=1S/C4H10N2O2Si/c1-9(2,3-5-7)4-6-8/h3-4,7-8H,1-2H3. The van der Waals surface area contributed by atoms with Crippen LogP contribution in [0.3, 0.4) is 0 Å². The topological polar surface area (TPSA) is 65.2 Å². The van der Waals surface area contributed by atoms with Gasteiger partial charge in [0.05, 0.1) is 0 Å². The smallest absolute Gasteiger partial charge is 0.148 e. The third kappa shape index (κ3) is 3.72. The van der Waals surface area contributed by atoms with E-state index in [0.717, 1.165) is 0 Å². The molecule has 0 aromatic heterocycles. The summed E-state index contributed by atoms with van der Waals surface area (Å²) in [4.78, 5) is 0. The zero-order valence-electron chi connectivity index (χ0n) is 5.44. The second kappa shape index (κ2) is 3.24. The Labute approximate surface area is 54.5 Å². The van der Waals surface area contributed by atoms with Gasteiger partial charge in [0.2, 0.25) is 0 Å². The Bertz CT molecular complexity index is 119. The van der Waals surface area contributed by atoms with Crippen molar-refractivity contribution in [1.29, 1.82) is 0 Å². The highest BCUT2D eigenvalue weighted by molar-refractivity contribution is 7.17. The van der Waals surface area contributed by atoms with Gasteiger partial charge < -0.3 is 10.4 Å². The number of oxime groups is 2. The Morgan fingerprint density at radius 3 is 1.67 bits per heavy atom. The van der Waals surface area contributed by atoms with E-state index in [1.54, 1.807) is 0 Å². The van der Waals surface area contributed by atoms with Crippen molar-refractivity contribution in [1.82, 2.24) is 0 Å². The monoisotopic (exact) mass is 146 g/mol. The van der Waals surface area contributed by atoms with Crippen molar-refractivity contribution in [2.24, 2.45) is 10.3 Å². The molecule has 0 radical (unpaired) electrons. The van der Waals surface area contributed by atoms with Crippen LogP contribution in [0.4, 0.5) is 0 Å². The molecule has 0 atom stereocenters. The van der Waals surface area contributed by atoms with Crippen molar-refractivity contribution in [3.05, 3.63) is 0 Å². The molecule has 0 saturated heterocycles. The molecule has 0 aromatic rings. The molecule has 0 aliphatic heterocycles. The summed E-state index contributed by atoms with van der Waals surface area (Å²) in [6.07, 6.45) is 0. The molecule has 0 amide bonds. The maximum atomic E-state index is 8.09. The molecule has 0 aliphatic rings. The molecule has 9 heavy (non-hydrogen) atoms. The van der Waals surface area contributed by atoms with Crippen LogP contribution in [-0.2, 0) is 0 Å². The molecular formula is C4H10N2O2Si. The van der Waals surface area contributed by atoms with E-state index >= 15 is 0 Å². The van der Waals surface area contributed by atoms with Gasteiger partial charge in [-0.15, -0.1) is 10.3 Å². The summed E-state index contributed by atoms with van der Waals surface area (Å²) in [5.41, 5.74) is 0. The molecule has 0 unspecified atom stereocenters. The quantitative estimate of drug-likeness (QED) is 0.260. The third-order valence-electron chi connectivity index (χ3n) is 0.781. The zero-order valence-corrected chi connectivity index (χ0v) is 6.44.